The first-order valence-electron chi connectivity index (χ1n) is 6.20. The van der Waals surface area contributed by atoms with Gasteiger partial charge in [-0.25, -0.2) is 4.39 Å². The zero-order valence-electron chi connectivity index (χ0n) is 10.3. The van der Waals surface area contributed by atoms with E-state index in [1.54, 1.807) is 0 Å². The molecule has 90 valence electrons. The van der Waals surface area contributed by atoms with Gasteiger partial charge in [-0.1, -0.05) is 38.3 Å². The first kappa shape index (κ1) is 13.2. The predicted octanol–water partition coefficient (Wildman–Crippen LogP) is 3.88. The van der Waals surface area contributed by atoms with Gasteiger partial charge in [-0.15, -0.1) is 0 Å². The molecule has 0 aliphatic carbocycles. The molecule has 0 amide bonds. The highest BCUT2D eigenvalue weighted by atomic mass is 19.1. The average Bonchev–Trinajstić information content (AvgIpc) is 2.29. The summed E-state index contributed by atoms with van der Waals surface area (Å²) in [4.78, 5) is 0. The smallest absolute Gasteiger partial charge is 0.123 e. The van der Waals surface area contributed by atoms with Crippen molar-refractivity contribution in [1.82, 2.24) is 5.32 Å². The first-order valence-corrected chi connectivity index (χ1v) is 6.20. The Labute approximate surface area is 98.1 Å². The van der Waals surface area contributed by atoms with E-state index in [0.717, 1.165) is 12.1 Å². The molecule has 0 fully saturated rings. The summed E-state index contributed by atoms with van der Waals surface area (Å²) in [6.07, 6.45) is 5.08. The molecule has 1 rings (SSSR count). The molecular formula is C14H22FN. The summed E-state index contributed by atoms with van der Waals surface area (Å²) in [5, 5.41) is 3.45. The molecule has 2 heteroatoms. The molecule has 0 heterocycles. The minimum absolute atomic E-state index is 0.167. The van der Waals surface area contributed by atoms with E-state index >= 15 is 0 Å². The maximum Gasteiger partial charge on any atom is 0.123 e. The lowest BCUT2D eigenvalue weighted by Gasteiger charge is -2.13. The second-order valence-corrected chi connectivity index (χ2v) is 4.40. The van der Waals surface area contributed by atoms with Crippen LogP contribution in [0.5, 0.6) is 0 Å². The van der Waals surface area contributed by atoms with Crippen LogP contribution in [0.1, 0.15) is 45.1 Å². The quantitative estimate of drug-likeness (QED) is 0.692. The lowest BCUT2D eigenvalue weighted by molar-refractivity contribution is 0.487. The van der Waals surface area contributed by atoms with Gasteiger partial charge < -0.3 is 5.32 Å². The minimum Gasteiger partial charge on any atom is -0.310 e. The Kier molecular flexibility index (Phi) is 6.09. The Morgan fingerprint density at radius 2 is 1.88 bits per heavy atom. The normalized spacial score (nSPS) is 12.7. The van der Waals surface area contributed by atoms with E-state index in [0.29, 0.717) is 6.04 Å². The molecule has 0 saturated carbocycles. The van der Waals surface area contributed by atoms with Crippen LogP contribution in [0.2, 0.25) is 0 Å². The molecular weight excluding hydrogens is 201 g/mol. The average molecular weight is 223 g/mol. The van der Waals surface area contributed by atoms with Gasteiger partial charge in [-0.05, 0) is 31.0 Å². The summed E-state index contributed by atoms with van der Waals surface area (Å²) in [5.41, 5.74) is 1.14. The molecule has 1 unspecified atom stereocenters. The fourth-order valence-electron chi connectivity index (χ4n) is 1.70. The third kappa shape index (κ3) is 5.26. The fourth-order valence-corrected chi connectivity index (χ4v) is 1.70. The number of rotatable bonds is 7. The zero-order valence-corrected chi connectivity index (χ0v) is 10.3. The van der Waals surface area contributed by atoms with Crippen LogP contribution in [0.4, 0.5) is 4.39 Å². The van der Waals surface area contributed by atoms with Crippen molar-refractivity contribution in [2.24, 2.45) is 0 Å². The lowest BCUT2D eigenvalue weighted by atomic mass is 10.1. The van der Waals surface area contributed by atoms with Crippen molar-refractivity contribution in [2.75, 3.05) is 0 Å². The minimum atomic E-state index is -0.167. The molecule has 0 aliphatic heterocycles. The van der Waals surface area contributed by atoms with E-state index in [2.05, 4.69) is 19.2 Å². The molecule has 1 atom stereocenters. The summed E-state index contributed by atoms with van der Waals surface area (Å²) in [6.45, 7) is 5.25. The first-order chi connectivity index (χ1) is 7.72. The Morgan fingerprint density at radius 3 is 2.50 bits per heavy atom. The molecule has 16 heavy (non-hydrogen) atoms. The number of halogens is 1. The van der Waals surface area contributed by atoms with Crippen LogP contribution in [0, 0.1) is 5.82 Å². The van der Waals surface area contributed by atoms with E-state index < -0.39 is 0 Å². The summed E-state index contributed by atoms with van der Waals surface area (Å²) < 4.78 is 12.7. The van der Waals surface area contributed by atoms with Crippen molar-refractivity contribution in [3.8, 4) is 0 Å². The van der Waals surface area contributed by atoms with Gasteiger partial charge in [0.2, 0.25) is 0 Å². The summed E-state index contributed by atoms with van der Waals surface area (Å²) >= 11 is 0. The van der Waals surface area contributed by atoms with Crippen molar-refractivity contribution >= 4 is 0 Å². The Bertz CT molecular complexity index is 281. The van der Waals surface area contributed by atoms with E-state index in [4.69, 9.17) is 0 Å². The zero-order chi connectivity index (χ0) is 11.8. The van der Waals surface area contributed by atoms with Crippen LogP contribution in [-0.4, -0.2) is 6.04 Å². The van der Waals surface area contributed by atoms with Gasteiger partial charge in [0.1, 0.15) is 5.82 Å². The lowest BCUT2D eigenvalue weighted by Crippen LogP contribution is -2.25. The highest BCUT2D eigenvalue weighted by Gasteiger charge is 2.01. The molecule has 0 spiro atoms. The molecule has 1 aromatic rings. The highest BCUT2D eigenvalue weighted by Crippen LogP contribution is 2.05. The Morgan fingerprint density at radius 1 is 1.19 bits per heavy atom. The van der Waals surface area contributed by atoms with E-state index in [9.17, 15) is 4.39 Å². The van der Waals surface area contributed by atoms with Crippen molar-refractivity contribution in [2.45, 2.75) is 52.1 Å². The molecule has 0 aromatic heterocycles. The summed E-state index contributed by atoms with van der Waals surface area (Å²) in [5.74, 6) is -0.167. The molecule has 0 radical (unpaired) electrons. The SMILES string of the molecule is CCCCCC(C)NCc1ccc(F)cc1. The topological polar surface area (TPSA) is 12.0 Å². The van der Waals surface area contributed by atoms with Crippen molar-refractivity contribution in [3.63, 3.8) is 0 Å². The van der Waals surface area contributed by atoms with Gasteiger partial charge in [0, 0.05) is 12.6 Å². The van der Waals surface area contributed by atoms with E-state index in [1.165, 1.54) is 37.8 Å². The van der Waals surface area contributed by atoms with E-state index in [1.807, 2.05) is 12.1 Å². The van der Waals surface area contributed by atoms with Gasteiger partial charge in [0.15, 0.2) is 0 Å². The number of unbranched alkanes of at least 4 members (excludes halogenated alkanes) is 2. The molecule has 1 aromatic carbocycles. The van der Waals surface area contributed by atoms with Crippen molar-refractivity contribution in [3.05, 3.63) is 35.6 Å². The van der Waals surface area contributed by atoms with Crippen LogP contribution in [0.25, 0.3) is 0 Å². The number of nitrogens with one attached hydrogen (secondary N) is 1. The van der Waals surface area contributed by atoms with Crippen LogP contribution < -0.4 is 5.32 Å². The Hall–Kier alpha value is -0.890. The van der Waals surface area contributed by atoms with Crippen LogP contribution >= 0.6 is 0 Å². The van der Waals surface area contributed by atoms with E-state index in [-0.39, 0.29) is 5.82 Å². The van der Waals surface area contributed by atoms with Crippen LogP contribution in [-0.2, 0) is 6.54 Å². The summed E-state index contributed by atoms with van der Waals surface area (Å²) in [7, 11) is 0. The van der Waals surface area contributed by atoms with Gasteiger partial charge in [0.25, 0.3) is 0 Å². The number of hydrogen-bond donors (Lipinski definition) is 1. The molecule has 0 saturated heterocycles. The number of benzene rings is 1. The molecule has 1 nitrogen and oxygen atoms in total. The largest absolute Gasteiger partial charge is 0.310 e. The predicted molar refractivity (Wildman–Crippen MR) is 66.8 cm³/mol. The van der Waals surface area contributed by atoms with Gasteiger partial charge in [0.05, 0.1) is 0 Å². The maximum absolute atomic E-state index is 12.7. The van der Waals surface area contributed by atoms with Crippen molar-refractivity contribution < 1.29 is 4.39 Å². The number of hydrogen-bond acceptors (Lipinski definition) is 1. The standard InChI is InChI=1S/C14H22FN/c1-3-4-5-6-12(2)16-11-13-7-9-14(15)10-8-13/h7-10,12,16H,3-6,11H2,1-2H3. The fraction of sp³-hybridized carbons (Fsp3) is 0.571. The van der Waals surface area contributed by atoms with Gasteiger partial charge >= 0.3 is 0 Å². The molecule has 0 aliphatic rings. The summed E-state index contributed by atoms with van der Waals surface area (Å²) in [6, 6.07) is 7.23. The monoisotopic (exact) mass is 223 g/mol. The highest BCUT2D eigenvalue weighted by molar-refractivity contribution is 5.15. The molecule has 0 bridgehead atoms. The third-order valence-electron chi connectivity index (χ3n) is 2.81. The second-order valence-electron chi connectivity index (χ2n) is 4.40. The second kappa shape index (κ2) is 7.39. The van der Waals surface area contributed by atoms with Crippen LogP contribution in [0.3, 0.4) is 0 Å². The van der Waals surface area contributed by atoms with Gasteiger partial charge in [-0.3, -0.25) is 0 Å². The van der Waals surface area contributed by atoms with Crippen LogP contribution in [0.15, 0.2) is 24.3 Å². The molecule has 1 N–H and O–H groups in total. The van der Waals surface area contributed by atoms with Gasteiger partial charge in [-0.2, -0.15) is 0 Å². The Balaban J connectivity index is 2.20. The maximum atomic E-state index is 12.7. The van der Waals surface area contributed by atoms with Crippen molar-refractivity contribution in [1.29, 1.82) is 0 Å². The third-order valence-corrected chi connectivity index (χ3v) is 2.81.